The van der Waals surface area contributed by atoms with Crippen LogP contribution in [0.25, 0.3) is 0 Å². The van der Waals surface area contributed by atoms with Crippen molar-refractivity contribution in [2.24, 2.45) is 0 Å². The first-order chi connectivity index (χ1) is 9.87. The van der Waals surface area contributed by atoms with E-state index >= 15 is 0 Å². The zero-order valence-electron chi connectivity index (χ0n) is 11.6. The van der Waals surface area contributed by atoms with Crippen LogP contribution in [0, 0.1) is 0 Å². The van der Waals surface area contributed by atoms with Crippen LogP contribution < -0.4 is 10.1 Å². The molecule has 1 aliphatic rings. The van der Waals surface area contributed by atoms with Crippen LogP contribution in [0.15, 0.2) is 24.3 Å². The predicted molar refractivity (Wildman–Crippen MR) is 72.0 cm³/mol. The molecule has 1 aromatic carbocycles. The summed E-state index contributed by atoms with van der Waals surface area (Å²) in [5.74, 6) is -0.458. The van der Waals surface area contributed by atoms with Crippen LogP contribution in [-0.2, 0) is 4.79 Å². The van der Waals surface area contributed by atoms with Gasteiger partial charge in [-0.05, 0) is 31.9 Å². The highest BCUT2D eigenvalue weighted by Crippen LogP contribution is 2.30. The van der Waals surface area contributed by atoms with E-state index in [1.165, 1.54) is 18.2 Å². The van der Waals surface area contributed by atoms with Crippen LogP contribution in [0.4, 0.5) is 18.9 Å². The summed E-state index contributed by atoms with van der Waals surface area (Å²) in [6, 6.07) is 5.08. The van der Waals surface area contributed by atoms with E-state index in [2.05, 4.69) is 10.1 Å². The van der Waals surface area contributed by atoms with Crippen molar-refractivity contribution in [2.45, 2.75) is 32.2 Å². The summed E-state index contributed by atoms with van der Waals surface area (Å²) in [6.07, 6.45) is -2.83. The van der Waals surface area contributed by atoms with E-state index in [1.807, 2.05) is 0 Å². The van der Waals surface area contributed by atoms with Crippen molar-refractivity contribution < 1.29 is 22.7 Å². The minimum atomic E-state index is -4.76. The first-order valence-corrected chi connectivity index (χ1v) is 6.77. The van der Waals surface area contributed by atoms with Crippen molar-refractivity contribution in [2.75, 3.05) is 18.4 Å². The first-order valence-electron chi connectivity index (χ1n) is 6.77. The molecule has 1 heterocycles. The van der Waals surface area contributed by atoms with Gasteiger partial charge in [-0.15, -0.1) is 13.2 Å². The molecule has 1 atom stereocenters. The smallest absolute Gasteiger partial charge is 0.404 e. The van der Waals surface area contributed by atoms with Crippen LogP contribution >= 0.6 is 0 Å². The standard InChI is InChI=1S/C14H17F3N2O2/c1-10(13(20)19-8-4-5-9-19)18-11-6-2-3-7-12(11)21-14(15,16)17/h2-3,6-7,10,18H,4-5,8-9H2,1H3. The van der Waals surface area contributed by atoms with E-state index in [9.17, 15) is 18.0 Å². The number of anilines is 1. The third kappa shape index (κ3) is 4.27. The van der Waals surface area contributed by atoms with Gasteiger partial charge in [0.05, 0.1) is 5.69 Å². The molecule has 0 spiro atoms. The average molecular weight is 302 g/mol. The normalized spacial score (nSPS) is 16.7. The topological polar surface area (TPSA) is 41.6 Å². The third-order valence-electron chi connectivity index (χ3n) is 3.27. The number of amides is 1. The quantitative estimate of drug-likeness (QED) is 0.929. The molecule has 1 aliphatic heterocycles. The number of rotatable bonds is 4. The Kier molecular flexibility index (Phi) is 4.59. The van der Waals surface area contributed by atoms with Gasteiger partial charge in [-0.3, -0.25) is 4.79 Å². The maximum absolute atomic E-state index is 12.3. The summed E-state index contributed by atoms with van der Waals surface area (Å²) in [5, 5.41) is 2.79. The van der Waals surface area contributed by atoms with E-state index in [0.717, 1.165) is 12.8 Å². The molecular weight excluding hydrogens is 285 g/mol. The zero-order valence-corrected chi connectivity index (χ0v) is 11.6. The fourth-order valence-electron chi connectivity index (χ4n) is 2.31. The molecule has 4 nitrogen and oxygen atoms in total. The zero-order chi connectivity index (χ0) is 15.5. The Bertz CT molecular complexity index is 499. The molecule has 7 heteroatoms. The number of hydrogen-bond donors (Lipinski definition) is 1. The number of carbonyl (C=O) groups is 1. The lowest BCUT2D eigenvalue weighted by molar-refractivity contribution is -0.274. The van der Waals surface area contributed by atoms with Crippen LogP contribution in [0.3, 0.4) is 0 Å². The minimum Gasteiger partial charge on any atom is -0.404 e. The first kappa shape index (κ1) is 15.5. The second-order valence-electron chi connectivity index (χ2n) is 4.94. The van der Waals surface area contributed by atoms with Crippen molar-refractivity contribution in [3.8, 4) is 5.75 Å². The van der Waals surface area contributed by atoms with E-state index in [1.54, 1.807) is 17.9 Å². The molecule has 1 unspecified atom stereocenters. The molecule has 0 aromatic heterocycles. The maximum atomic E-state index is 12.3. The summed E-state index contributed by atoms with van der Waals surface area (Å²) < 4.78 is 41.0. The Labute approximate surface area is 120 Å². The second kappa shape index (κ2) is 6.24. The number of alkyl halides is 3. The molecule has 21 heavy (non-hydrogen) atoms. The number of benzene rings is 1. The summed E-state index contributed by atoms with van der Waals surface area (Å²) in [6.45, 7) is 3.03. The largest absolute Gasteiger partial charge is 0.573 e. The lowest BCUT2D eigenvalue weighted by Gasteiger charge is -2.23. The van der Waals surface area contributed by atoms with Crippen molar-refractivity contribution in [1.29, 1.82) is 0 Å². The maximum Gasteiger partial charge on any atom is 0.573 e. The Balaban J connectivity index is 2.06. The third-order valence-corrected chi connectivity index (χ3v) is 3.27. The van der Waals surface area contributed by atoms with Crippen molar-refractivity contribution in [3.63, 3.8) is 0 Å². The number of carbonyl (C=O) groups excluding carboxylic acids is 1. The molecule has 0 radical (unpaired) electrons. The lowest BCUT2D eigenvalue weighted by Crippen LogP contribution is -2.39. The number of nitrogens with zero attached hydrogens (tertiary/aromatic N) is 1. The fraction of sp³-hybridized carbons (Fsp3) is 0.500. The Morgan fingerprint density at radius 2 is 1.90 bits per heavy atom. The number of para-hydroxylation sites is 2. The molecule has 1 aromatic rings. The number of halogens is 3. The number of likely N-dealkylation sites (tertiary alicyclic amines) is 1. The molecule has 1 saturated heterocycles. The Morgan fingerprint density at radius 3 is 2.52 bits per heavy atom. The van der Waals surface area contributed by atoms with Crippen molar-refractivity contribution in [3.05, 3.63) is 24.3 Å². The van der Waals surface area contributed by atoms with Gasteiger partial charge in [0.15, 0.2) is 5.75 Å². The molecule has 2 rings (SSSR count). The molecular formula is C14H17F3N2O2. The highest BCUT2D eigenvalue weighted by molar-refractivity contribution is 5.85. The number of ether oxygens (including phenoxy) is 1. The highest BCUT2D eigenvalue weighted by atomic mass is 19.4. The summed E-state index contributed by atoms with van der Waals surface area (Å²) in [4.78, 5) is 13.9. The van der Waals surface area contributed by atoms with Crippen LogP contribution in [0.2, 0.25) is 0 Å². The minimum absolute atomic E-state index is 0.116. The number of hydrogen-bond acceptors (Lipinski definition) is 3. The van der Waals surface area contributed by atoms with Gasteiger partial charge in [-0.1, -0.05) is 12.1 Å². The van der Waals surface area contributed by atoms with Gasteiger partial charge in [0.25, 0.3) is 0 Å². The van der Waals surface area contributed by atoms with Gasteiger partial charge in [0, 0.05) is 13.1 Å². The molecule has 0 bridgehead atoms. The monoisotopic (exact) mass is 302 g/mol. The van der Waals surface area contributed by atoms with Gasteiger partial charge in [0.2, 0.25) is 5.91 Å². The summed E-state index contributed by atoms with van der Waals surface area (Å²) in [5.41, 5.74) is 0.148. The SMILES string of the molecule is CC(Nc1ccccc1OC(F)(F)F)C(=O)N1CCCC1. The lowest BCUT2D eigenvalue weighted by atomic mass is 10.2. The van der Waals surface area contributed by atoms with Crippen LogP contribution in [0.5, 0.6) is 5.75 Å². The second-order valence-corrected chi connectivity index (χ2v) is 4.94. The van der Waals surface area contributed by atoms with E-state index in [0.29, 0.717) is 13.1 Å². The van der Waals surface area contributed by atoms with Crippen LogP contribution in [0.1, 0.15) is 19.8 Å². The van der Waals surface area contributed by atoms with E-state index < -0.39 is 12.4 Å². The van der Waals surface area contributed by atoms with Crippen LogP contribution in [-0.4, -0.2) is 36.3 Å². The van der Waals surface area contributed by atoms with Gasteiger partial charge in [0.1, 0.15) is 6.04 Å². The average Bonchev–Trinajstić information content (AvgIpc) is 2.92. The molecule has 0 saturated carbocycles. The molecule has 1 fully saturated rings. The fourth-order valence-corrected chi connectivity index (χ4v) is 2.31. The molecule has 1 amide bonds. The summed E-state index contributed by atoms with van der Waals surface area (Å²) in [7, 11) is 0. The van der Waals surface area contributed by atoms with Crippen molar-refractivity contribution >= 4 is 11.6 Å². The molecule has 116 valence electrons. The van der Waals surface area contributed by atoms with Gasteiger partial charge in [-0.2, -0.15) is 0 Å². The Morgan fingerprint density at radius 1 is 1.29 bits per heavy atom. The molecule has 0 aliphatic carbocycles. The van der Waals surface area contributed by atoms with Gasteiger partial charge >= 0.3 is 6.36 Å². The van der Waals surface area contributed by atoms with E-state index in [4.69, 9.17) is 0 Å². The summed E-state index contributed by atoms with van der Waals surface area (Å²) >= 11 is 0. The van der Waals surface area contributed by atoms with Gasteiger partial charge in [-0.25, -0.2) is 0 Å². The van der Waals surface area contributed by atoms with Crippen molar-refractivity contribution in [1.82, 2.24) is 4.90 Å². The predicted octanol–water partition coefficient (Wildman–Crippen LogP) is 3.01. The highest BCUT2D eigenvalue weighted by Gasteiger charge is 2.32. The Hall–Kier alpha value is -1.92. The van der Waals surface area contributed by atoms with E-state index in [-0.39, 0.29) is 17.3 Å². The number of nitrogens with one attached hydrogen (secondary N) is 1. The molecule has 1 N–H and O–H groups in total. The van der Waals surface area contributed by atoms with Gasteiger partial charge < -0.3 is 15.0 Å².